The van der Waals surface area contributed by atoms with Crippen LogP contribution < -0.4 is 0 Å². The fraction of sp³-hybridized carbons (Fsp3) is 0.867. The van der Waals surface area contributed by atoms with Gasteiger partial charge in [-0.3, -0.25) is 4.90 Å². The number of hydrogen-bond donors (Lipinski definition) is 0. The molecule has 1 saturated heterocycles. The number of esters is 1. The van der Waals surface area contributed by atoms with Gasteiger partial charge >= 0.3 is 12.1 Å². The maximum absolute atomic E-state index is 12.0. The summed E-state index contributed by atoms with van der Waals surface area (Å²) in [5, 5.41) is 0. The summed E-state index contributed by atoms with van der Waals surface area (Å²) >= 11 is 0. The molecule has 116 valence electrons. The number of likely N-dealkylation sites (tertiary alicyclic amines) is 1. The first-order valence-corrected chi connectivity index (χ1v) is 7.80. The van der Waals surface area contributed by atoms with E-state index >= 15 is 0 Å². The van der Waals surface area contributed by atoms with Crippen molar-refractivity contribution in [3.05, 3.63) is 0 Å². The third kappa shape index (κ3) is 5.39. The molecule has 1 aliphatic rings. The Bertz CT molecular complexity index is 306. The predicted octanol–water partition coefficient (Wildman–Crippen LogP) is 3.12. The van der Waals surface area contributed by atoms with Crippen molar-refractivity contribution in [1.29, 1.82) is 0 Å². The minimum atomic E-state index is -0.453. The summed E-state index contributed by atoms with van der Waals surface area (Å²) in [6, 6.07) is -0.453. The molecule has 5 nitrogen and oxygen atoms in total. The lowest BCUT2D eigenvalue weighted by molar-refractivity contribution is -0.148. The van der Waals surface area contributed by atoms with Gasteiger partial charge in [-0.25, -0.2) is 9.59 Å². The van der Waals surface area contributed by atoms with E-state index in [1.165, 1.54) is 4.90 Å². The van der Waals surface area contributed by atoms with Crippen molar-refractivity contribution >= 4 is 12.1 Å². The molecule has 0 aliphatic carbocycles. The normalized spacial score (nSPS) is 18.1. The number of carbonyl (C=O) groups is 2. The van der Waals surface area contributed by atoms with Gasteiger partial charge in [0.15, 0.2) is 0 Å². The first-order valence-electron chi connectivity index (χ1n) is 7.80. The monoisotopic (exact) mass is 285 g/mol. The zero-order valence-electron chi connectivity index (χ0n) is 12.7. The largest absolute Gasteiger partial charge is 0.464 e. The molecule has 1 heterocycles. The molecule has 0 aromatic rings. The van der Waals surface area contributed by atoms with E-state index in [1.807, 2.05) is 6.92 Å². The van der Waals surface area contributed by atoms with Crippen LogP contribution in [-0.4, -0.2) is 42.8 Å². The summed E-state index contributed by atoms with van der Waals surface area (Å²) in [7, 11) is 0. The van der Waals surface area contributed by atoms with Crippen molar-refractivity contribution in [3.8, 4) is 0 Å². The van der Waals surface area contributed by atoms with E-state index in [9.17, 15) is 9.59 Å². The highest BCUT2D eigenvalue weighted by Crippen LogP contribution is 2.19. The summed E-state index contributed by atoms with van der Waals surface area (Å²) in [6.07, 6.45) is 6.20. The van der Waals surface area contributed by atoms with Gasteiger partial charge < -0.3 is 9.47 Å². The SMILES string of the molecule is CCCCCCOC(=O)C1CCCN1C(=O)OCCC. The Morgan fingerprint density at radius 3 is 2.55 bits per heavy atom. The van der Waals surface area contributed by atoms with E-state index in [-0.39, 0.29) is 5.97 Å². The standard InChI is InChI=1S/C15H27NO4/c1-3-5-6-7-12-19-14(17)13-9-8-10-16(13)15(18)20-11-4-2/h13H,3-12H2,1-2H3. The van der Waals surface area contributed by atoms with Crippen LogP contribution in [0.1, 0.15) is 58.8 Å². The van der Waals surface area contributed by atoms with Crippen molar-refractivity contribution < 1.29 is 19.1 Å². The summed E-state index contributed by atoms with van der Waals surface area (Å²) in [4.78, 5) is 25.3. The Labute approximate surface area is 121 Å². The van der Waals surface area contributed by atoms with Crippen LogP contribution in [-0.2, 0) is 14.3 Å². The number of unbranched alkanes of at least 4 members (excludes halogenated alkanes) is 3. The van der Waals surface area contributed by atoms with Crippen molar-refractivity contribution in [3.63, 3.8) is 0 Å². The van der Waals surface area contributed by atoms with Gasteiger partial charge in [-0.1, -0.05) is 33.1 Å². The zero-order valence-corrected chi connectivity index (χ0v) is 12.7. The molecule has 0 radical (unpaired) electrons. The van der Waals surface area contributed by atoms with Crippen LogP contribution in [0.3, 0.4) is 0 Å². The van der Waals surface area contributed by atoms with E-state index in [2.05, 4.69) is 6.92 Å². The number of hydrogen-bond acceptors (Lipinski definition) is 4. The number of rotatable bonds is 8. The molecule has 1 atom stereocenters. The molecule has 0 aromatic carbocycles. The molecular formula is C15H27NO4. The van der Waals surface area contributed by atoms with E-state index in [0.717, 1.165) is 38.5 Å². The molecule has 0 aromatic heterocycles. The Morgan fingerprint density at radius 2 is 1.85 bits per heavy atom. The van der Waals surface area contributed by atoms with Crippen LogP contribution >= 0.6 is 0 Å². The molecule has 1 aliphatic heterocycles. The van der Waals surface area contributed by atoms with Gasteiger partial charge in [-0.05, 0) is 25.7 Å². The molecule has 0 saturated carbocycles. The molecular weight excluding hydrogens is 258 g/mol. The first-order chi connectivity index (χ1) is 9.70. The number of carbonyl (C=O) groups excluding carboxylic acids is 2. The van der Waals surface area contributed by atoms with Crippen LogP contribution in [0.5, 0.6) is 0 Å². The lowest BCUT2D eigenvalue weighted by Crippen LogP contribution is -2.41. The second kappa shape index (κ2) is 9.61. The first kappa shape index (κ1) is 16.8. The molecule has 0 spiro atoms. The Kier molecular flexibility index (Phi) is 8.07. The lowest BCUT2D eigenvalue weighted by atomic mass is 10.2. The number of amides is 1. The zero-order chi connectivity index (χ0) is 14.8. The van der Waals surface area contributed by atoms with Gasteiger partial charge in [0.25, 0.3) is 0 Å². The second-order valence-corrected chi connectivity index (χ2v) is 5.19. The van der Waals surface area contributed by atoms with Crippen molar-refractivity contribution in [2.45, 2.75) is 64.8 Å². The van der Waals surface area contributed by atoms with Crippen LogP contribution in [0.2, 0.25) is 0 Å². The van der Waals surface area contributed by atoms with Crippen LogP contribution in [0, 0.1) is 0 Å². The summed E-state index contributed by atoms with van der Waals surface area (Å²) in [5.74, 6) is -0.285. The lowest BCUT2D eigenvalue weighted by Gasteiger charge is -2.22. The van der Waals surface area contributed by atoms with Crippen LogP contribution in [0.25, 0.3) is 0 Å². The van der Waals surface area contributed by atoms with E-state index in [4.69, 9.17) is 9.47 Å². The van der Waals surface area contributed by atoms with Crippen LogP contribution in [0.4, 0.5) is 4.79 Å². The van der Waals surface area contributed by atoms with Crippen molar-refractivity contribution in [2.75, 3.05) is 19.8 Å². The number of ether oxygens (including phenoxy) is 2. The van der Waals surface area contributed by atoms with Crippen LogP contribution in [0.15, 0.2) is 0 Å². The fourth-order valence-electron chi connectivity index (χ4n) is 2.30. The predicted molar refractivity (Wildman–Crippen MR) is 76.5 cm³/mol. The minimum absolute atomic E-state index is 0.285. The van der Waals surface area contributed by atoms with Gasteiger partial charge in [0.05, 0.1) is 13.2 Å². The quantitative estimate of drug-likeness (QED) is 0.508. The second-order valence-electron chi connectivity index (χ2n) is 5.19. The van der Waals surface area contributed by atoms with E-state index in [0.29, 0.717) is 26.2 Å². The molecule has 20 heavy (non-hydrogen) atoms. The Hall–Kier alpha value is -1.26. The maximum Gasteiger partial charge on any atom is 0.410 e. The average Bonchev–Trinajstić information content (AvgIpc) is 2.93. The summed E-state index contributed by atoms with van der Waals surface area (Å²) in [5.41, 5.74) is 0. The van der Waals surface area contributed by atoms with E-state index in [1.54, 1.807) is 0 Å². The minimum Gasteiger partial charge on any atom is -0.464 e. The topological polar surface area (TPSA) is 55.8 Å². The Balaban J connectivity index is 2.32. The van der Waals surface area contributed by atoms with Gasteiger partial charge in [-0.2, -0.15) is 0 Å². The highest BCUT2D eigenvalue weighted by atomic mass is 16.6. The maximum atomic E-state index is 12.0. The van der Waals surface area contributed by atoms with Gasteiger partial charge in [0.1, 0.15) is 6.04 Å². The summed E-state index contributed by atoms with van der Waals surface area (Å²) < 4.78 is 10.4. The van der Waals surface area contributed by atoms with Crippen molar-refractivity contribution in [1.82, 2.24) is 4.90 Å². The molecule has 1 unspecified atom stereocenters. The summed E-state index contributed by atoms with van der Waals surface area (Å²) in [6.45, 7) is 5.52. The number of nitrogens with zero attached hydrogens (tertiary/aromatic N) is 1. The van der Waals surface area contributed by atoms with Gasteiger partial charge in [0.2, 0.25) is 0 Å². The highest BCUT2D eigenvalue weighted by molar-refractivity contribution is 5.82. The van der Waals surface area contributed by atoms with Gasteiger partial charge in [-0.15, -0.1) is 0 Å². The molecule has 1 amide bonds. The average molecular weight is 285 g/mol. The third-order valence-corrected chi connectivity index (χ3v) is 3.43. The molecule has 0 bridgehead atoms. The van der Waals surface area contributed by atoms with E-state index < -0.39 is 12.1 Å². The van der Waals surface area contributed by atoms with Gasteiger partial charge in [0, 0.05) is 6.54 Å². The molecule has 1 rings (SSSR count). The molecule has 5 heteroatoms. The van der Waals surface area contributed by atoms with Crippen molar-refractivity contribution in [2.24, 2.45) is 0 Å². The fourth-order valence-corrected chi connectivity index (χ4v) is 2.30. The molecule has 1 fully saturated rings. The highest BCUT2D eigenvalue weighted by Gasteiger charge is 2.36. The third-order valence-electron chi connectivity index (χ3n) is 3.43. The molecule has 0 N–H and O–H groups in total. The Morgan fingerprint density at radius 1 is 1.05 bits per heavy atom. The smallest absolute Gasteiger partial charge is 0.410 e.